The number of ether oxygens (including phenoxy) is 1. The number of aromatic amines is 1. The average Bonchev–Trinajstić information content (AvgIpc) is 2.53. The lowest BCUT2D eigenvalue weighted by Gasteiger charge is -2.33. The third-order valence-electron chi connectivity index (χ3n) is 4.09. The summed E-state index contributed by atoms with van der Waals surface area (Å²) in [5, 5.41) is 0.584. The smallest absolute Gasteiger partial charge is 0.410 e. The second-order valence-electron chi connectivity index (χ2n) is 7.23. The third kappa shape index (κ3) is 3.58. The Morgan fingerprint density at radius 2 is 2.08 bits per heavy atom. The topological polar surface area (TPSA) is 75.3 Å². The van der Waals surface area contributed by atoms with Crippen LogP contribution in [0.5, 0.6) is 0 Å². The zero-order valence-corrected chi connectivity index (χ0v) is 14.3. The fraction of sp³-hybridized carbons (Fsp3) is 0.500. The molecule has 1 aromatic heterocycles. The van der Waals surface area contributed by atoms with Gasteiger partial charge in [0.2, 0.25) is 0 Å². The number of H-pyrrole nitrogens is 1. The Labute approximate surface area is 140 Å². The van der Waals surface area contributed by atoms with E-state index in [0.29, 0.717) is 29.8 Å². The van der Waals surface area contributed by atoms with E-state index in [1.165, 1.54) is 0 Å². The average molecular weight is 329 g/mol. The molecular formula is C18H23N3O3. The fourth-order valence-corrected chi connectivity index (χ4v) is 2.99. The number of likely N-dealkylation sites (tertiary alicyclic amines) is 1. The normalized spacial score (nSPS) is 18.6. The van der Waals surface area contributed by atoms with E-state index in [0.717, 1.165) is 12.8 Å². The molecule has 128 valence electrons. The summed E-state index contributed by atoms with van der Waals surface area (Å²) in [6.45, 7) is 6.75. The first kappa shape index (κ1) is 16.5. The van der Waals surface area contributed by atoms with E-state index in [1.807, 2.05) is 39.0 Å². The minimum absolute atomic E-state index is 0.0172. The van der Waals surface area contributed by atoms with Crippen LogP contribution in [0.25, 0.3) is 10.9 Å². The molecule has 0 radical (unpaired) electrons. The van der Waals surface area contributed by atoms with Crippen molar-refractivity contribution in [2.75, 3.05) is 13.1 Å². The molecule has 1 aromatic carbocycles. The summed E-state index contributed by atoms with van der Waals surface area (Å²) in [6.07, 6.45) is 1.44. The summed E-state index contributed by atoms with van der Waals surface area (Å²) in [5.41, 5.74) is 0.0372. The van der Waals surface area contributed by atoms with Crippen LogP contribution >= 0.6 is 0 Å². The Kier molecular flexibility index (Phi) is 4.30. The highest BCUT2D eigenvalue weighted by atomic mass is 16.6. The zero-order chi connectivity index (χ0) is 17.3. The second kappa shape index (κ2) is 6.26. The van der Waals surface area contributed by atoms with Crippen LogP contribution in [0.3, 0.4) is 0 Å². The van der Waals surface area contributed by atoms with Gasteiger partial charge in [0.05, 0.1) is 10.9 Å². The monoisotopic (exact) mass is 329 g/mol. The highest BCUT2D eigenvalue weighted by Gasteiger charge is 2.29. The summed E-state index contributed by atoms with van der Waals surface area (Å²) in [7, 11) is 0. The molecule has 0 bridgehead atoms. The molecule has 3 rings (SSSR count). The maximum Gasteiger partial charge on any atom is 0.410 e. The molecule has 0 aliphatic carbocycles. The highest BCUT2D eigenvalue weighted by molar-refractivity contribution is 5.77. The summed E-state index contributed by atoms with van der Waals surface area (Å²) in [5.74, 6) is 0.663. The van der Waals surface area contributed by atoms with Crippen LogP contribution < -0.4 is 5.56 Å². The molecular weight excluding hydrogens is 306 g/mol. The van der Waals surface area contributed by atoms with Gasteiger partial charge < -0.3 is 14.6 Å². The Hall–Kier alpha value is -2.37. The quantitative estimate of drug-likeness (QED) is 0.872. The fourth-order valence-electron chi connectivity index (χ4n) is 2.99. The maximum absolute atomic E-state index is 12.3. The molecule has 1 saturated heterocycles. The van der Waals surface area contributed by atoms with Crippen molar-refractivity contribution < 1.29 is 9.53 Å². The van der Waals surface area contributed by atoms with E-state index in [1.54, 1.807) is 11.0 Å². The van der Waals surface area contributed by atoms with Gasteiger partial charge in [-0.15, -0.1) is 0 Å². The lowest BCUT2D eigenvalue weighted by molar-refractivity contribution is 0.0196. The number of hydrogen-bond donors (Lipinski definition) is 1. The number of nitrogens with one attached hydrogen (secondary N) is 1. The van der Waals surface area contributed by atoms with Gasteiger partial charge in [-0.3, -0.25) is 4.79 Å². The van der Waals surface area contributed by atoms with Crippen LogP contribution in [0, 0.1) is 0 Å². The lowest BCUT2D eigenvalue weighted by atomic mass is 9.97. The van der Waals surface area contributed by atoms with Crippen molar-refractivity contribution in [3.8, 4) is 0 Å². The Bertz CT molecular complexity index is 807. The van der Waals surface area contributed by atoms with Crippen LogP contribution in [0.15, 0.2) is 29.1 Å². The Morgan fingerprint density at radius 1 is 1.33 bits per heavy atom. The number of rotatable bonds is 1. The first-order valence-corrected chi connectivity index (χ1v) is 8.30. The first-order chi connectivity index (χ1) is 11.3. The Morgan fingerprint density at radius 3 is 2.83 bits per heavy atom. The molecule has 2 heterocycles. The zero-order valence-electron chi connectivity index (χ0n) is 14.3. The van der Waals surface area contributed by atoms with Crippen molar-refractivity contribution in [2.45, 2.75) is 45.1 Å². The molecule has 1 amide bonds. The number of carbonyl (C=O) groups excluding carboxylic acids is 1. The number of piperidine rings is 1. The van der Waals surface area contributed by atoms with Gasteiger partial charge in [0, 0.05) is 19.0 Å². The largest absolute Gasteiger partial charge is 0.444 e. The molecule has 6 heteroatoms. The number of hydrogen-bond acceptors (Lipinski definition) is 4. The molecule has 0 spiro atoms. The first-order valence-electron chi connectivity index (χ1n) is 8.30. The van der Waals surface area contributed by atoms with E-state index in [-0.39, 0.29) is 17.6 Å². The van der Waals surface area contributed by atoms with E-state index in [4.69, 9.17) is 4.74 Å². The molecule has 1 aliphatic heterocycles. The molecule has 1 N–H and O–H groups in total. The number of aromatic nitrogens is 2. The van der Waals surface area contributed by atoms with Gasteiger partial charge >= 0.3 is 6.09 Å². The van der Waals surface area contributed by atoms with Crippen LogP contribution in [0.4, 0.5) is 4.79 Å². The number of fused-ring (bicyclic) bond motifs is 1. The van der Waals surface area contributed by atoms with Crippen LogP contribution in [0.2, 0.25) is 0 Å². The molecule has 0 saturated carbocycles. The van der Waals surface area contributed by atoms with Gasteiger partial charge in [-0.2, -0.15) is 0 Å². The molecule has 0 unspecified atom stereocenters. The van der Waals surface area contributed by atoms with Gasteiger partial charge in [-0.25, -0.2) is 9.78 Å². The summed E-state index contributed by atoms with van der Waals surface area (Å²) in [6, 6.07) is 7.29. The van der Waals surface area contributed by atoms with Crippen molar-refractivity contribution in [1.29, 1.82) is 0 Å². The summed E-state index contributed by atoms with van der Waals surface area (Å²) < 4.78 is 5.45. The minimum Gasteiger partial charge on any atom is -0.444 e. The van der Waals surface area contributed by atoms with Crippen molar-refractivity contribution in [3.63, 3.8) is 0 Å². The van der Waals surface area contributed by atoms with E-state index in [9.17, 15) is 9.59 Å². The lowest BCUT2D eigenvalue weighted by Crippen LogP contribution is -2.42. The Balaban J connectivity index is 1.82. The number of nitrogens with zero attached hydrogens (tertiary/aromatic N) is 2. The predicted octanol–water partition coefficient (Wildman–Crippen LogP) is 3.04. The van der Waals surface area contributed by atoms with Gasteiger partial charge in [-0.1, -0.05) is 12.1 Å². The maximum atomic E-state index is 12.3. The van der Waals surface area contributed by atoms with E-state index >= 15 is 0 Å². The number of para-hydroxylation sites is 1. The number of benzene rings is 1. The summed E-state index contributed by atoms with van der Waals surface area (Å²) in [4.78, 5) is 33.7. The molecule has 24 heavy (non-hydrogen) atoms. The van der Waals surface area contributed by atoms with Crippen LogP contribution in [0.1, 0.15) is 45.4 Å². The highest BCUT2D eigenvalue weighted by Crippen LogP contribution is 2.26. The van der Waals surface area contributed by atoms with Crippen molar-refractivity contribution in [3.05, 3.63) is 40.4 Å². The minimum atomic E-state index is -0.514. The van der Waals surface area contributed by atoms with Crippen molar-refractivity contribution in [1.82, 2.24) is 14.9 Å². The third-order valence-corrected chi connectivity index (χ3v) is 4.09. The molecule has 2 aromatic rings. The molecule has 1 fully saturated rings. The van der Waals surface area contributed by atoms with Crippen molar-refractivity contribution >= 4 is 17.0 Å². The van der Waals surface area contributed by atoms with Crippen molar-refractivity contribution in [2.24, 2.45) is 0 Å². The second-order valence-corrected chi connectivity index (χ2v) is 7.23. The van der Waals surface area contributed by atoms with Gasteiger partial charge in [-0.05, 0) is 45.7 Å². The van der Waals surface area contributed by atoms with Gasteiger partial charge in [0.1, 0.15) is 11.4 Å². The van der Waals surface area contributed by atoms with E-state index < -0.39 is 5.60 Å². The van der Waals surface area contributed by atoms with Gasteiger partial charge in [0.15, 0.2) is 0 Å². The van der Waals surface area contributed by atoms with E-state index in [2.05, 4.69) is 9.97 Å². The van der Waals surface area contributed by atoms with Crippen LogP contribution in [-0.2, 0) is 4.74 Å². The molecule has 6 nitrogen and oxygen atoms in total. The van der Waals surface area contributed by atoms with Crippen LogP contribution in [-0.4, -0.2) is 39.7 Å². The molecule has 1 aliphatic rings. The number of amides is 1. The molecule has 1 atom stereocenters. The SMILES string of the molecule is CC(C)(C)OC(=O)N1CCC[C@H](c2nc3ccccc3c(=O)[nH]2)C1. The predicted molar refractivity (Wildman–Crippen MR) is 92.1 cm³/mol. The summed E-state index contributed by atoms with van der Waals surface area (Å²) >= 11 is 0. The number of carbonyl (C=O) groups is 1. The standard InChI is InChI=1S/C18H23N3O3/c1-18(2,3)24-17(23)21-10-6-7-12(11-21)15-19-14-9-5-4-8-13(14)16(22)20-15/h4-5,8-9,12H,6-7,10-11H2,1-3H3,(H,19,20,22)/t12-/m0/s1. The van der Waals surface area contributed by atoms with Gasteiger partial charge in [0.25, 0.3) is 5.56 Å².